The van der Waals surface area contributed by atoms with Gasteiger partial charge in [0, 0.05) is 5.02 Å². The topological polar surface area (TPSA) is 42.8 Å². The van der Waals surface area contributed by atoms with Crippen molar-refractivity contribution in [3.8, 4) is 11.5 Å². The summed E-state index contributed by atoms with van der Waals surface area (Å²) in [4.78, 5) is 0. The number of ether oxygens (including phenoxy) is 2. The van der Waals surface area contributed by atoms with Gasteiger partial charge in [0.05, 0.1) is 30.0 Å². The van der Waals surface area contributed by atoms with Crippen LogP contribution < -0.4 is 14.9 Å². The van der Waals surface area contributed by atoms with Gasteiger partial charge in [0.1, 0.15) is 0 Å². The lowest BCUT2D eigenvalue weighted by Gasteiger charge is -2.12. The standard InChI is InChI=1S/C18H20ClIN2O2/c1-3-8-24-18-16(20)9-14(10-17(18)23-2)12-22-21-11-13-4-6-15(19)7-5-13/h4-7,9-10,12,21H,3,8,11H2,1-2H3/b22-12-. The molecule has 0 radical (unpaired) electrons. The minimum atomic E-state index is 0.638. The molecule has 0 bridgehead atoms. The smallest absolute Gasteiger partial charge is 0.174 e. The Kier molecular flexibility index (Phi) is 7.65. The molecule has 0 spiro atoms. The van der Waals surface area contributed by atoms with Crippen molar-refractivity contribution in [1.82, 2.24) is 5.43 Å². The Bertz CT molecular complexity index is 690. The van der Waals surface area contributed by atoms with Crippen molar-refractivity contribution in [2.75, 3.05) is 13.7 Å². The lowest BCUT2D eigenvalue weighted by molar-refractivity contribution is 0.292. The van der Waals surface area contributed by atoms with E-state index in [0.29, 0.717) is 13.2 Å². The molecular weight excluding hydrogens is 439 g/mol. The fraction of sp³-hybridized carbons (Fsp3) is 0.278. The van der Waals surface area contributed by atoms with Gasteiger partial charge < -0.3 is 14.9 Å². The maximum atomic E-state index is 5.87. The highest BCUT2D eigenvalue weighted by atomic mass is 127. The first-order valence-corrected chi connectivity index (χ1v) is 9.10. The molecule has 0 aliphatic rings. The number of halogens is 2. The van der Waals surface area contributed by atoms with Gasteiger partial charge >= 0.3 is 0 Å². The molecular formula is C18H20ClIN2O2. The summed E-state index contributed by atoms with van der Waals surface area (Å²) < 4.78 is 12.2. The second kappa shape index (κ2) is 9.74. The summed E-state index contributed by atoms with van der Waals surface area (Å²) >= 11 is 8.12. The maximum Gasteiger partial charge on any atom is 0.174 e. The Labute approximate surface area is 161 Å². The normalized spacial score (nSPS) is 10.8. The largest absolute Gasteiger partial charge is 0.493 e. The van der Waals surface area contributed by atoms with Crippen LogP contribution in [0.25, 0.3) is 0 Å². The summed E-state index contributed by atoms with van der Waals surface area (Å²) in [5, 5.41) is 4.99. The number of benzene rings is 2. The highest BCUT2D eigenvalue weighted by Gasteiger charge is 2.10. The average Bonchev–Trinajstić information content (AvgIpc) is 2.59. The molecule has 0 fully saturated rings. The number of methoxy groups -OCH3 is 1. The van der Waals surface area contributed by atoms with Crippen LogP contribution in [-0.2, 0) is 6.54 Å². The number of hydrazone groups is 1. The van der Waals surface area contributed by atoms with E-state index in [2.05, 4.69) is 40.0 Å². The van der Waals surface area contributed by atoms with Gasteiger partial charge in [-0.15, -0.1) is 0 Å². The van der Waals surface area contributed by atoms with E-state index in [1.807, 2.05) is 36.4 Å². The first kappa shape index (κ1) is 18.9. The Hall–Kier alpha value is -1.47. The van der Waals surface area contributed by atoms with Gasteiger partial charge in [-0.25, -0.2) is 0 Å². The van der Waals surface area contributed by atoms with E-state index in [-0.39, 0.29) is 0 Å². The number of hydrogen-bond acceptors (Lipinski definition) is 4. The van der Waals surface area contributed by atoms with Crippen LogP contribution in [0.4, 0.5) is 0 Å². The van der Waals surface area contributed by atoms with Gasteiger partial charge in [-0.05, 0) is 64.4 Å². The van der Waals surface area contributed by atoms with Gasteiger partial charge in [0.25, 0.3) is 0 Å². The van der Waals surface area contributed by atoms with E-state index in [4.69, 9.17) is 21.1 Å². The molecule has 0 amide bonds. The van der Waals surface area contributed by atoms with E-state index >= 15 is 0 Å². The van der Waals surface area contributed by atoms with Gasteiger partial charge in [0.2, 0.25) is 0 Å². The van der Waals surface area contributed by atoms with Crippen molar-refractivity contribution in [2.24, 2.45) is 5.10 Å². The van der Waals surface area contributed by atoms with E-state index in [1.54, 1.807) is 13.3 Å². The lowest BCUT2D eigenvalue weighted by atomic mass is 10.2. The molecule has 0 atom stereocenters. The molecule has 2 aromatic rings. The van der Waals surface area contributed by atoms with Gasteiger partial charge in [-0.2, -0.15) is 5.10 Å². The van der Waals surface area contributed by atoms with Gasteiger partial charge in [-0.1, -0.05) is 30.7 Å². The third-order valence-corrected chi connectivity index (χ3v) is 4.26. The summed E-state index contributed by atoms with van der Waals surface area (Å²) in [6.07, 6.45) is 2.72. The first-order chi connectivity index (χ1) is 11.6. The summed E-state index contributed by atoms with van der Waals surface area (Å²) in [6.45, 7) is 3.38. The third kappa shape index (κ3) is 5.56. The van der Waals surface area contributed by atoms with E-state index in [1.165, 1.54) is 0 Å². The lowest BCUT2D eigenvalue weighted by Crippen LogP contribution is -2.06. The highest BCUT2D eigenvalue weighted by Crippen LogP contribution is 2.33. The number of nitrogens with one attached hydrogen (secondary N) is 1. The van der Waals surface area contributed by atoms with Crippen LogP contribution in [0.1, 0.15) is 24.5 Å². The molecule has 2 aromatic carbocycles. The molecule has 0 aliphatic heterocycles. The second-order valence-corrected chi connectivity index (χ2v) is 6.70. The van der Waals surface area contributed by atoms with Gasteiger partial charge in [-0.3, -0.25) is 0 Å². The van der Waals surface area contributed by atoms with Crippen LogP contribution in [0.5, 0.6) is 11.5 Å². The summed E-state index contributed by atoms with van der Waals surface area (Å²) in [7, 11) is 1.64. The van der Waals surface area contributed by atoms with Gasteiger partial charge in [0.15, 0.2) is 11.5 Å². The summed E-state index contributed by atoms with van der Waals surface area (Å²) in [6, 6.07) is 11.6. The minimum absolute atomic E-state index is 0.638. The Morgan fingerprint density at radius 3 is 2.67 bits per heavy atom. The Balaban J connectivity index is 2.00. The molecule has 24 heavy (non-hydrogen) atoms. The van der Waals surface area contributed by atoms with Crippen LogP contribution in [0.2, 0.25) is 5.02 Å². The van der Waals surface area contributed by atoms with Crippen molar-refractivity contribution >= 4 is 40.4 Å². The number of rotatable bonds is 8. The monoisotopic (exact) mass is 458 g/mol. The highest BCUT2D eigenvalue weighted by molar-refractivity contribution is 14.1. The van der Waals surface area contributed by atoms with Crippen molar-refractivity contribution < 1.29 is 9.47 Å². The third-order valence-electron chi connectivity index (χ3n) is 3.20. The molecule has 0 aromatic heterocycles. The first-order valence-electron chi connectivity index (χ1n) is 7.64. The number of hydrogen-bond donors (Lipinski definition) is 1. The molecule has 1 N–H and O–H groups in total. The van der Waals surface area contributed by atoms with E-state index < -0.39 is 0 Å². The van der Waals surface area contributed by atoms with Crippen LogP contribution in [-0.4, -0.2) is 19.9 Å². The molecule has 0 unspecified atom stereocenters. The second-order valence-electron chi connectivity index (χ2n) is 5.10. The maximum absolute atomic E-state index is 5.87. The predicted octanol–water partition coefficient (Wildman–Crippen LogP) is 4.87. The average molecular weight is 459 g/mol. The van der Waals surface area contributed by atoms with Crippen LogP contribution in [0, 0.1) is 3.57 Å². The zero-order valence-corrected chi connectivity index (χ0v) is 16.6. The molecule has 0 heterocycles. The minimum Gasteiger partial charge on any atom is -0.493 e. The quantitative estimate of drug-likeness (QED) is 0.349. The molecule has 128 valence electrons. The van der Waals surface area contributed by atoms with Crippen molar-refractivity contribution in [3.63, 3.8) is 0 Å². The molecule has 0 aliphatic carbocycles. The predicted molar refractivity (Wildman–Crippen MR) is 107 cm³/mol. The van der Waals surface area contributed by atoms with Crippen molar-refractivity contribution in [1.29, 1.82) is 0 Å². The van der Waals surface area contributed by atoms with Crippen molar-refractivity contribution in [2.45, 2.75) is 19.9 Å². The van der Waals surface area contributed by atoms with E-state index in [0.717, 1.165) is 37.6 Å². The molecule has 6 heteroatoms. The van der Waals surface area contributed by atoms with Crippen LogP contribution in [0.3, 0.4) is 0 Å². The summed E-state index contributed by atoms with van der Waals surface area (Å²) in [5.74, 6) is 1.50. The zero-order chi connectivity index (χ0) is 17.4. The van der Waals surface area contributed by atoms with Crippen LogP contribution in [0.15, 0.2) is 41.5 Å². The zero-order valence-electron chi connectivity index (χ0n) is 13.7. The summed E-state index contributed by atoms with van der Waals surface area (Å²) in [5.41, 5.74) is 5.09. The SMILES string of the molecule is CCCOc1c(I)cc(/C=N\NCc2ccc(Cl)cc2)cc1OC. The Morgan fingerprint density at radius 2 is 2.00 bits per heavy atom. The fourth-order valence-electron chi connectivity index (χ4n) is 2.02. The van der Waals surface area contributed by atoms with Crippen molar-refractivity contribution in [3.05, 3.63) is 56.1 Å². The van der Waals surface area contributed by atoms with E-state index in [9.17, 15) is 0 Å². The fourth-order valence-corrected chi connectivity index (χ4v) is 2.92. The molecule has 0 saturated carbocycles. The molecule has 2 rings (SSSR count). The van der Waals surface area contributed by atoms with Crippen LogP contribution >= 0.6 is 34.2 Å². The molecule has 0 saturated heterocycles. The molecule has 4 nitrogen and oxygen atoms in total. The number of nitrogens with zero attached hydrogens (tertiary/aromatic N) is 1. The Morgan fingerprint density at radius 1 is 1.25 bits per heavy atom.